The highest BCUT2D eigenvalue weighted by Gasteiger charge is 2.37. The number of carbonyl (C=O) groups is 1. The molecule has 1 aromatic heterocycles. The molecule has 0 spiro atoms. The fourth-order valence-corrected chi connectivity index (χ4v) is 6.78. The van der Waals surface area contributed by atoms with Gasteiger partial charge in [0.2, 0.25) is 10.0 Å². The van der Waals surface area contributed by atoms with Gasteiger partial charge in [-0.25, -0.2) is 17.8 Å². The average molecular weight is 497 g/mol. The van der Waals surface area contributed by atoms with Crippen LogP contribution in [0.3, 0.4) is 0 Å². The monoisotopic (exact) mass is 496 g/mol. The van der Waals surface area contributed by atoms with E-state index >= 15 is 0 Å². The van der Waals surface area contributed by atoms with E-state index in [1.807, 2.05) is 17.2 Å². The molecule has 32 heavy (non-hydrogen) atoms. The van der Waals surface area contributed by atoms with Gasteiger partial charge in [0.15, 0.2) is 10.8 Å². The quantitative estimate of drug-likeness (QED) is 0.570. The van der Waals surface area contributed by atoms with E-state index in [4.69, 9.17) is 16.6 Å². The minimum atomic E-state index is -3.29. The fraction of sp³-hybridized carbons (Fsp3) is 0.381. The van der Waals surface area contributed by atoms with Crippen molar-refractivity contribution in [1.82, 2.24) is 14.2 Å². The summed E-state index contributed by atoms with van der Waals surface area (Å²) in [5.74, 6) is 0.191. The van der Waals surface area contributed by atoms with Crippen molar-refractivity contribution in [2.75, 3.05) is 18.8 Å². The maximum absolute atomic E-state index is 13.6. The summed E-state index contributed by atoms with van der Waals surface area (Å²) in [6.45, 7) is 4.42. The number of aldehydes is 1. The standard InChI is InChI=1S/C21H22ClFN4O3S2/c1-13(27-7-3-9-32(27,29)30)11-26-14(2)17(12-28)19(16-5-4-15(23)10-18(16)22)25-20(26)21-24-6-8-31-21/h4-6,8,10,12-13,19H,3,7,9,11H2,1-2H3/t13-,19-/m0/s1. The fourth-order valence-electron chi connectivity index (χ4n) is 4.12. The summed E-state index contributed by atoms with van der Waals surface area (Å²) in [4.78, 5) is 23.2. The van der Waals surface area contributed by atoms with Crippen molar-refractivity contribution in [1.29, 1.82) is 0 Å². The number of nitrogens with zero attached hydrogens (tertiary/aromatic N) is 4. The Morgan fingerprint density at radius 1 is 1.41 bits per heavy atom. The van der Waals surface area contributed by atoms with Crippen LogP contribution in [0.4, 0.5) is 4.39 Å². The first-order valence-electron chi connectivity index (χ1n) is 10.1. The highest BCUT2D eigenvalue weighted by Crippen LogP contribution is 2.38. The number of allylic oxidation sites excluding steroid dienone is 1. The molecule has 0 radical (unpaired) electrons. The second-order valence-electron chi connectivity index (χ2n) is 7.76. The lowest BCUT2D eigenvalue weighted by molar-refractivity contribution is -0.105. The van der Waals surface area contributed by atoms with E-state index < -0.39 is 21.9 Å². The lowest BCUT2D eigenvalue weighted by Gasteiger charge is -2.37. The second-order valence-corrected chi connectivity index (χ2v) is 11.1. The summed E-state index contributed by atoms with van der Waals surface area (Å²) >= 11 is 7.68. The van der Waals surface area contributed by atoms with Crippen molar-refractivity contribution in [2.24, 2.45) is 4.99 Å². The molecule has 1 fully saturated rings. The number of rotatable bonds is 6. The summed E-state index contributed by atoms with van der Waals surface area (Å²) in [6, 6.07) is 2.95. The van der Waals surface area contributed by atoms with Crippen LogP contribution in [-0.4, -0.2) is 59.6 Å². The van der Waals surface area contributed by atoms with Crippen LogP contribution < -0.4 is 0 Å². The molecule has 1 saturated heterocycles. The molecule has 7 nitrogen and oxygen atoms in total. The molecule has 0 saturated carbocycles. The molecule has 0 N–H and O–H groups in total. The Hall–Kier alpha value is -2.14. The maximum Gasteiger partial charge on any atom is 0.214 e. The van der Waals surface area contributed by atoms with E-state index in [0.717, 1.165) is 6.29 Å². The van der Waals surface area contributed by atoms with Crippen LogP contribution in [0.2, 0.25) is 5.02 Å². The van der Waals surface area contributed by atoms with Gasteiger partial charge in [-0.15, -0.1) is 11.3 Å². The van der Waals surface area contributed by atoms with Crippen LogP contribution in [0.1, 0.15) is 36.9 Å². The number of carbonyl (C=O) groups excluding carboxylic acids is 1. The molecule has 2 atom stereocenters. The molecule has 4 rings (SSSR count). The minimum Gasteiger partial charge on any atom is -0.326 e. The Labute approximate surface area is 195 Å². The van der Waals surface area contributed by atoms with Crippen molar-refractivity contribution in [3.8, 4) is 0 Å². The zero-order valence-corrected chi connectivity index (χ0v) is 19.9. The zero-order valence-electron chi connectivity index (χ0n) is 17.5. The molecule has 3 heterocycles. The van der Waals surface area contributed by atoms with Gasteiger partial charge in [-0.3, -0.25) is 9.79 Å². The minimum absolute atomic E-state index is 0.143. The summed E-state index contributed by atoms with van der Waals surface area (Å²) < 4.78 is 39.9. The van der Waals surface area contributed by atoms with Gasteiger partial charge in [-0.1, -0.05) is 17.7 Å². The first-order chi connectivity index (χ1) is 15.2. The average Bonchev–Trinajstić information content (AvgIpc) is 3.38. The number of halogens is 2. The van der Waals surface area contributed by atoms with Crippen LogP contribution in [-0.2, 0) is 14.8 Å². The van der Waals surface area contributed by atoms with Crippen molar-refractivity contribution in [3.63, 3.8) is 0 Å². The number of hydrogen-bond donors (Lipinski definition) is 0. The molecule has 1 aromatic carbocycles. The SMILES string of the molecule is CC1=C(C=O)[C@H](c2ccc(F)cc2Cl)N=C(c2nccs2)N1C[C@H](C)N1CCCS1(=O)=O. The molecule has 2 aliphatic heterocycles. The smallest absolute Gasteiger partial charge is 0.214 e. The van der Waals surface area contributed by atoms with Crippen molar-refractivity contribution < 1.29 is 17.6 Å². The van der Waals surface area contributed by atoms with E-state index in [2.05, 4.69) is 4.98 Å². The lowest BCUT2D eigenvalue weighted by Crippen LogP contribution is -2.46. The lowest BCUT2D eigenvalue weighted by atomic mass is 9.96. The number of sulfonamides is 1. The molecule has 0 aliphatic carbocycles. The van der Waals surface area contributed by atoms with Crippen LogP contribution in [0.25, 0.3) is 0 Å². The summed E-state index contributed by atoms with van der Waals surface area (Å²) in [6.07, 6.45) is 2.98. The van der Waals surface area contributed by atoms with E-state index in [9.17, 15) is 17.6 Å². The third-order valence-corrected chi connectivity index (χ3v) is 8.87. The van der Waals surface area contributed by atoms with Crippen LogP contribution >= 0.6 is 22.9 Å². The Morgan fingerprint density at radius 2 is 2.19 bits per heavy atom. The Bertz CT molecular complexity index is 1200. The maximum atomic E-state index is 13.6. The first kappa shape index (κ1) is 23.0. The molecule has 0 bridgehead atoms. The normalized spacial score (nSPS) is 22.2. The van der Waals surface area contributed by atoms with Crippen LogP contribution in [0.15, 0.2) is 46.0 Å². The molecule has 170 valence electrons. The number of aromatic nitrogens is 1. The molecule has 2 aliphatic rings. The number of thiazole rings is 1. The van der Waals surface area contributed by atoms with Crippen molar-refractivity contribution in [3.05, 3.63) is 62.5 Å². The summed E-state index contributed by atoms with van der Waals surface area (Å²) in [7, 11) is -3.29. The topological polar surface area (TPSA) is 82.9 Å². The number of hydrogen-bond acceptors (Lipinski definition) is 7. The third-order valence-electron chi connectivity index (χ3n) is 5.71. The number of amidine groups is 1. The predicted octanol–water partition coefficient (Wildman–Crippen LogP) is 3.64. The van der Waals surface area contributed by atoms with E-state index in [1.54, 1.807) is 13.1 Å². The van der Waals surface area contributed by atoms with Gasteiger partial charge in [-0.05, 0) is 32.4 Å². The largest absolute Gasteiger partial charge is 0.326 e. The Kier molecular flexibility index (Phi) is 6.49. The van der Waals surface area contributed by atoms with Gasteiger partial charge in [0, 0.05) is 52.6 Å². The second kappa shape index (κ2) is 9.01. The summed E-state index contributed by atoms with van der Waals surface area (Å²) in [5.41, 5.74) is 1.53. The molecule has 0 unspecified atom stereocenters. The van der Waals surface area contributed by atoms with Gasteiger partial charge in [0.1, 0.15) is 18.1 Å². The summed E-state index contributed by atoms with van der Waals surface area (Å²) in [5, 5.41) is 2.63. The molecule has 11 heteroatoms. The molecular weight excluding hydrogens is 475 g/mol. The van der Waals surface area contributed by atoms with E-state index in [-0.39, 0.29) is 16.8 Å². The predicted molar refractivity (Wildman–Crippen MR) is 123 cm³/mol. The zero-order chi connectivity index (χ0) is 23.0. The Balaban J connectivity index is 1.78. The van der Waals surface area contributed by atoms with Gasteiger partial charge < -0.3 is 4.90 Å². The molecular formula is C21H22ClFN4O3S2. The Morgan fingerprint density at radius 3 is 2.78 bits per heavy atom. The van der Waals surface area contributed by atoms with E-state index in [1.165, 1.54) is 33.8 Å². The third kappa shape index (κ3) is 4.24. The van der Waals surface area contributed by atoms with Gasteiger partial charge >= 0.3 is 0 Å². The first-order valence-corrected chi connectivity index (χ1v) is 12.9. The van der Waals surface area contributed by atoms with Gasteiger partial charge in [0.25, 0.3) is 0 Å². The van der Waals surface area contributed by atoms with Crippen LogP contribution in [0.5, 0.6) is 0 Å². The number of aliphatic imine (C=N–C) groups is 1. The number of benzene rings is 1. The highest BCUT2D eigenvalue weighted by atomic mass is 35.5. The molecule has 2 aromatic rings. The van der Waals surface area contributed by atoms with Crippen molar-refractivity contribution >= 4 is 45.1 Å². The van der Waals surface area contributed by atoms with Crippen LogP contribution in [0, 0.1) is 5.82 Å². The van der Waals surface area contributed by atoms with E-state index in [0.29, 0.717) is 47.2 Å². The van der Waals surface area contributed by atoms with Gasteiger partial charge in [-0.2, -0.15) is 4.31 Å². The highest BCUT2D eigenvalue weighted by molar-refractivity contribution is 7.89. The van der Waals surface area contributed by atoms with Crippen molar-refractivity contribution in [2.45, 2.75) is 32.4 Å². The molecule has 0 amide bonds. The van der Waals surface area contributed by atoms with Gasteiger partial charge in [0.05, 0.1) is 5.75 Å².